The summed E-state index contributed by atoms with van der Waals surface area (Å²) < 4.78 is 28.0. The largest absolute Gasteiger partial charge is 0.310 e. The van der Waals surface area contributed by atoms with E-state index in [4.69, 9.17) is 0 Å². The molecule has 0 aliphatic rings. The molecule has 0 fully saturated rings. The first-order valence-electron chi connectivity index (χ1n) is 6.22. The number of benzene rings is 1. The second kappa shape index (κ2) is 6.76. The van der Waals surface area contributed by atoms with Crippen molar-refractivity contribution in [1.29, 1.82) is 0 Å². The fourth-order valence-corrected chi connectivity index (χ4v) is 2.29. The topological polar surface area (TPSA) is 37.8 Å². The van der Waals surface area contributed by atoms with Gasteiger partial charge in [-0.15, -0.1) is 0 Å². The number of rotatable bonds is 5. The monoisotopic (exact) mass is 295 g/mol. The van der Waals surface area contributed by atoms with Crippen LogP contribution in [-0.2, 0) is 6.54 Å². The van der Waals surface area contributed by atoms with E-state index in [-0.39, 0.29) is 10.9 Å². The molecular weight excluding hydrogens is 280 g/mol. The third kappa shape index (κ3) is 3.98. The Morgan fingerprint density at radius 1 is 1.15 bits per heavy atom. The van der Waals surface area contributed by atoms with Crippen molar-refractivity contribution in [3.05, 3.63) is 47.8 Å². The molecule has 0 unspecified atom stereocenters. The molecule has 0 radical (unpaired) electrons. The lowest BCUT2D eigenvalue weighted by Gasteiger charge is -2.10. The van der Waals surface area contributed by atoms with Gasteiger partial charge in [-0.25, -0.2) is 18.7 Å². The smallest absolute Gasteiger partial charge is 0.192 e. The Morgan fingerprint density at radius 3 is 2.30 bits per heavy atom. The van der Waals surface area contributed by atoms with E-state index in [0.717, 1.165) is 11.8 Å². The molecule has 0 spiro atoms. The Hall–Kier alpha value is -1.53. The molecule has 1 aromatic heterocycles. The second-order valence-corrected chi connectivity index (χ2v) is 5.54. The highest BCUT2D eigenvalue weighted by Gasteiger charge is 2.14. The van der Waals surface area contributed by atoms with E-state index in [9.17, 15) is 8.78 Å². The van der Waals surface area contributed by atoms with Gasteiger partial charge in [-0.05, 0) is 35.5 Å². The van der Waals surface area contributed by atoms with Crippen LogP contribution in [-0.4, -0.2) is 16.0 Å². The molecule has 0 atom stereocenters. The van der Waals surface area contributed by atoms with E-state index < -0.39 is 11.6 Å². The van der Waals surface area contributed by atoms with Crippen molar-refractivity contribution in [2.75, 3.05) is 0 Å². The molecule has 0 aliphatic heterocycles. The average molecular weight is 295 g/mol. The zero-order chi connectivity index (χ0) is 14.5. The van der Waals surface area contributed by atoms with Crippen molar-refractivity contribution in [1.82, 2.24) is 15.3 Å². The van der Waals surface area contributed by atoms with Crippen LogP contribution in [0.5, 0.6) is 0 Å². The first-order chi connectivity index (χ1) is 9.56. The number of hydrogen-bond acceptors (Lipinski definition) is 4. The summed E-state index contributed by atoms with van der Waals surface area (Å²) >= 11 is 0.881. The molecule has 6 heteroatoms. The van der Waals surface area contributed by atoms with Crippen molar-refractivity contribution in [2.45, 2.75) is 36.5 Å². The lowest BCUT2D eigenvalue weighted by atomic mass is 10.2. The van der Waals surface area contributed by atoms with Crippen LogP contribution in [0.3, 0.4) is 0 Å². The number of halogens is 2. The van der Waals surface area contributed by atoms with Crippen molar-refractivity contribution in [3.63, 3.8) is 0 Å². The molecule has 1 N–H and O–H groups in total. The van der Waals surface area contributed by atoms with E-state index in [1.807, 2.05) is 13.8 Å². The zero-order valence-electron chi connectivity index (χ0n) is 11.2. The van der Waals surface area contributed by atoms with Crippen LogP contribution < -0.4 is 5.32 Å². The first-order valence-corrected chi connectivity index (χ1v) is 7.04. The van der Waals surface area contributed by atoms with E-state index >= 15 is 0 Å². The van der Waals surface area contributed by atoms with Gasteiger partial charge in [0, 0.05) is 25.0 Å². The third-order valence-electron chi connectivity index (χ3n) is 2.51. The van der Waals surface area contributed by atoms with E-state index in [1.54, 1.807) is 6.07 Å². The normalized spacial score (nSPS) is 11.1. The predicted molar refractivity (Wildman–Crippen MR) is 74.5 cm³/mol. The highest BCUT2D eigenvalue weighted by molar-refractivity contribution is 7.99. The van der Waals surface area contributed by atoms with Gasteiger partial charge in [0.1, 0.15) is 11.6 Å². The minimum absolute atomic E-state index is 0.0792. The molecule has 0 bridgehead atoms. The molecule has 2 rings (SSSR count). The van der Waals surface area contributed by atoms with Gasteiger partial charge in [0.05, 0.1) is 4.90 Å². The van der Waals surface area contributed by atoms with Crippen LogP contribution in [0.1, 0.15) is 19.4 Å². The van der Waals surface area contributed by atoms with Crippen LogP contribution in [0.15, 0.2) is 40.6 Å². The fourth-order valence-electron chi connectivity index (χ4n) is 1.56. The second-order valence-electron chi connectivity index (χ2n) is 4.56. The van der Waals surface area contributed by atoms with Crippen LogP contribution in [0.25, 0.3) is 0 Å². The highest BCUT2D eigenvalue weighted by atomic mass is 32.2. The van der Waals surface area contributed by atoms with Gasteiger partial charge in [-0.2, -0.15) is 0 Å². The number of nitrogens with zero attached hydrogens (tertiary/aromatic N) is 2. The van der Waals surface area contributed by atoms with E-state index in [1.165, 1.54) is 24.5 Å². The Morgan fingerprint density at radius 2 is 1.75 bits per heavy atom. The quantitative estimate of drug-likeness (QED) is 0.858. The zero-order valence-corrected chi connectivity index (χ0v) is 12.0. The summed E-state index contributed by atoms with van der Waals surface area (Å²) in [5.74, 6) is -1.19. The molecule has 0 saturated heterocycles. The molecule has 0 aliphatic carbocycles. The van der Waals surface area contributed by atoms with Gasteiger partial charge in [0.15, 0.2) is 5.16 Å². The SMILES string of the molecule is CC(C)NCc1cc(F)c(Sc2ncccn2)c(F)c1. The summed E-state index contributed by atoms with van der Waals surface area (Å²) in [6.45, 7) is 4.38. The highest BCUT2D eigenvalue weighted by Crippen LogP contribution is 2.30. The van der Waals surface area contributed by atoms with Crippen LogP contribution in [0.4, 0.5) is 8.78 Å². The summed E-state index contributed by atoms with van der Waals surface area (Å²) in [6.07, 6.45) is 3.07. The maximum atomic E-state index is 14.0. The Kier molecular flexibility index (Phi) is 5.03. The van der Waals surface area contributed by atoms with Gasteiger partial charge in [0.25, 0.3) is 0 Å². The number of aromatic nitrogens is 2. The summed E-state index contributed by atoms with van der Waals surface area (Å²) in [5, 5.41) is 3.44. The first kappa shape index (κ1) is 14.9. The molecule has 2 aromatic rings. The van der Waals surface area contributed by atoms with Crippen LogP contribution in [0, 0.1) is 11.6 Å². The Bertz CT molecular complexity index is 553. The molecule has 0 saturated carbocycles. The average Bonchev–Trinajstić information content (AvgIpc) is 2.42. The third-order valence-corrected chi connectivity index (χ3v) is 3.50. The Balaban J connectivity index is 2.18. The number of nitrogens with one attached hydrogen (secondary N) is 1. The van der Waals surface area contributed by atoms with Gasteiger partial charge in [-0.1, -0.05) is 13.8 Å². The van der Waals surface area contributed by atoms with Crippen LogP contribution in [0.2, 0.25) is 0 Å². The lowest BCUT2D eigenvalue weighted by Crippen LogP contribution is -2.22. The van der Waals surface area contributed by atoms with Crippen molar-refractivity contribution in [2.24, 2.45) is 0 Å². The van der Waals surface area contributed by atoms with Gasteiger partial charge >= 0.3 is 0 Å². The standard InChI is InChI=1S/C14H15F2N3S/c1-9(2)19-8-10-6-11(15)13(12(16)7-10)20-14-17-4-3-5-18-14/h3-7,9,19H,8H2,1-2H3. The fraction of sp³-hybridized carbons (Fsp3) is 0.286. The summed E-state index contributed by atoms with van der Waals surface area (Å²) in [5.41, 5.74) is 0.576. The lowest BCUT2D eigenvalue weighted by molar-refractivity contribution is 0.528. The molecule has 3 nitrogen and oxygen atoms in total. The number of hydrogen-bond donors (Lipinski definition) is 1. The van der Waals surface area contributed by atoms with Crippen LogP contribution >= 0.6 is 11.8 Å². The Labute approximate surface area is 120 Å². The maximum Gasteiger partial charge on any atom is 0.192 e. The summed E-state index contributed by atoms with van der Waals surface area (Å²) in [7, 11) is 0. The predicted octanol–water partition coefficient (Wildman–Crippen LogP) is 3.40. The molecule has 20 heavy (non-hydrogen) atoms. The molecule has 1 aromatic carbocycles. The van der Waals surface area contributed by atoms with Crippen molar-refractivity contribution < 1.29 is 8.78 Å². The molecular formula is C14H15F2N3S. The van der Waals surface area contributed by atoms with Crippen molar-refractivity contribution in [3.8, 4) is 0 Å². The van der Waals surface area contributed by atoms with E-state index in [0.29, 0.717) is 17.3 Å². The van der Waals surface area contributed by atoms with Gasteiger partial charge in [-0.3, -0.25) is 0 Å². The maximum absolute atomic E-state index is 14.0. The minimum Gasteiger partial charge on any atom is -0.310 e. The molecule has 106 valence electrons. The van der Waals surface area contributed by atoms with E-state index in [2.05, 4.69) is 15.3 Å². The molecule has 1 heterocycles. The summed E-state index contributed by atoms with van der Waals surface area (Å²) in [4.78, 5) is 7.81. The summed E-state index contributed by atoms with van der Waals surface area (Å²) in [6, 6.07) is 4.58. The van der Waals surface area contributed by atoms with Crippen molar-refractivity contribution >= 4 is 11.8 Å². The minimum atomic E-state index is -0.594. The molecule has 0 amide bonds. The van der Waals surface area contributed by atoms with Gasteiger partial charge in [0.2, 0.25) is 0 Å². The van der Waals surface area contributed by atoms with Gasteiger partial charge < -0.3 is 5.32 Å².